The number of fused-ring (bicyclic) bond motifs is 1. The molecular formula is C40H68N5O7P. The molecule has 1 unspecified atom stereocenters. The molecule has 53 heavy (non-hydrogen) atoms. The normalized spacial score (nSPS) is 21.2. The summed E-state index contributed by atoms with van der Waals surface area (Å²) in [5, 5.41) is 14.3. The van der Waals surface area contributed by atoms with Gasteiger partial charge in [0.1, 0.15) is 36.7 Å². The fourth-order valence-electron chi connectivity index (χ4n) is 7.54. The van der Waals surface area contributed by atoms with Gasteiger partial charge in [0.2, 0.25) is 0 Å². The smallest absolute Gasteiger partial charge is 0.382 e. The number of phosphoric acid groups is 1. The van der Waals surface area contributed by atoms with Crippen LogP contribution in [0.15, 0.2) is 18.5 Å². The first kappa shape index (κ1) is 43.6. The Hall–Kier alpha value is -2.10. The van der Waals surface area contributed by atoms with Gasteiger partial charge in [-0.3, -0.25) is 9.05 Å². The van der Waals surface area contributed by atoms with Gasteiger partial charge in [0.15, 0.2) is 11.4 Å². The molecule has 1 saturated heterocycles. The summed E-state index contributed by atoms with van der Waals surface area (Å²) in [7, 11) is -4.52. The molecule has 300 valence electrons. The summed E-state index contributed by atoms with van der Waals surface area (Å²) >= 11 is 0. The van der Waals surface area contributed by atoms with Crippen LogP contribution in [0.25, 0.3) is 5.52 Å². The molecular weight excluding hydrogens is 693 g/mol. The van der Waals surface area contributed by atoms with Gasteiger partial charge < -0.3 is 24.8 Å². The first-order chi connectivity index (χ1) is 25.8. The molecule has 0 amide bonds. The van der Waals surface area contributed by atoms with Crippen LogP contribution in [-0.4, -0.2) is 64.2 Å². The molecule has 12 nitrogen and oxygen atoms in total. The molecule has 1 aliphatic heterocycles. The monoisotopic (exact) mass is 761 g/mol. The lowest BCUT2D eigenvalue weighted by Crippen LogP contribution is -2.32. The van der Waals surface area contributed by atoms with Crippen molar-refractivity contribution in [1.29, 1.82) is 5.26 Å². The van der Waals surface area contributed by atoms with Crippen molar-refractivity contribution in [1.82, 2.24) is 14.6 Å². The van der Waals surface area contributed by atoms with Crippen molar-refractivity contribution in [2.75, 3.05) is 38.8 Å². The Balaban J connectivity index is 1.11. The number of anilines is 1. The van der Waals surface area contributed by atoms with Crippen molar-refractivity contribution in [3.63, 3.8) is 0 Å². The van der Waals surface area contributed by atoms with E-state index in [1.165, 1.54) is 115 Å². The highest BCUT2D eigenvalue weighted by molar-refractivity contribution is 7.47. The average Bonchev–Trinajstić information content (AvgIpc) is 3.81. The third kappa shape index (κ3) is 15.9. The zero-order chi connectivity index (χ0) is 37.6. The van der Waals surface area contributed by atoms with Crippen molar-refractivity contribution >= 4 is 19.2 Å². The van der Waals surface area contributed by atoms with Crippen LogP contribution in [0.1, 0.15) is 166 Å². The Morgan fingerprint density at radius 3 is 2.23 bits per heavy atom. The number of hydrogen-bond acceptors (Lipinski definition) is 10. The van der Waals surface area contributed by atoms with Gasteiger partial charge in [0, 0.05) is 13.2 Å². The molecule has 2 aromatic rings. The van der Waals surface area contributed by atoms with Gasteiger partial charge in [0.25, 0.3) is 0 Å². The maximum absolute atomic E-state index is 13.0. The summed E-state index contributed by atoms with van der Waals surface area (Å²) in [6.07, 6.45) is 28.3. The maximum atomic E-state index is 13.0. The van der Waals surface area contributed by atoms with Crippen LogP contribution < -0.4 is 5.73 Å². The van der Waals surface area contributed by atoms with E-state index in [0.717, 1.165) is 25.7 Å². The van der Waals surface area contributed by atoms with E-state index in [-0.39, 0.29) is 13.2 Å². The largest absolute Gasteiger partial charge is 0.472 e. The zero-order valence-electron chi connectivity index (χ0n) is 32.5. The molecule has 0 spiro atoms. The molecule has 2 aromatic heterocycles. The van der Waals surface area contributed by atoms with Crippen molar-refractivity contribution < 1.29 is 32.7 Å². The fourth-order valence-corrected chi connectivity index (χ4v) is 8.34. The molecule has 1 saturated carbocycles. The van der Waals surface area contributed by atoms with E-state index in [9.17, 15) is 14.7 Å². The number of aromatic nitrogens is 3. The van der Waals surface area contributed by atoms with Crippen LogP contribution in [0.5, 0.6) is 0 Å². The number of hydrogen-bond donors (Lipinski definition) is 2. The highest BCUT2D eigenvalue weighted by Crippen LogP contribution is 2.47. The Morgan fingerprint density at radius 2 is 1.58 bits per heavy atom. The average molecular weight is 762 g/mol. The molecule has 0 aromatic carbocycles. The second kappa shape index (κ2) is 24.4. The number of nitrogen functional groups attached to an aromatic ring is 1. The number of nitriles is 1. The third-order valence-corrected chi connectivity index (χ3v) is 11.8. The lowest BCUT2D eigenvalue weighted by molar-refractivity contribution is -0.0630. The highest BCUT2D eigenvalue weighted by atomic mass is 31.2. The van der Waals surface area contributed by atoms with Gasteiger partial charge in [-0.25, -0.2) is 14.1 Å². The molecule has 4 rings (SSSR count). The van der Waals surface area contributed by atoms with E-state index in [0.29, 0.717) is 49.0 Å². The quantitative estimate of drug-likeness (QED) is 0.0599. The molecule has 1 aliphatic carbocycles. The minimum absolute atomic E-state index is 0.153. The van der Waals surface area contributed by atoms with Crippen LogP contribution in [0.2, 0.25) is 0 Å². The maximum Gasteiger partial charge on any atom is 0.472 e. The summed E-state index contributed by atoms with van der Waals surface area (Å²) in [5.74, 6) is 0.816. The van der Waals surface area contributed by atoms with Crippen LogP contribution in [-0.2, 0) is 27.8 Å². The van der Waals surface area contributed by atoms with Gasteiger partial charge in [-0.05, 0) is 50.2 Å². The second-order valence-electron chi connectivity index (χ2n) is 15.3. The fraction of sp³-hybridized carbons (Fsp3) is 0.825. The number of phosphoric ester groups is 1. The molecule has 2 fully saturated rings. The van der Waals surface area contributed by atoms with Gasteiger partial charge in [-0.1, -0.05) is 122 Å². The summed E-state index contributed by atoms with van der Waals surface area (Å²) in [6.45, 7) is 3.17. The predicted octanol–water partition coefficient (Wildman–Crippen LogP) is 9.80. The topological polar surface area (TPSA) is 163 Å². The number of nitrogens with zero attached hydrogens (tertiary/aromatic N) is 4. The minimum Gasteiger partial charge on any atom is -0.382 e. The number of rotatable bonds is 29. The Kier molecular flexibility index (Phi) is 20.1. The number of nitrogens with two attached hydrogens (primary N) is 1. The molecule has 13 heteroatoms. The molecule has 2 aliphatic rings. The van der Waals surface area contributed by atoms with E-state index in [1.807, 2.05) is 6.07 Å². The van der Waals surface area contributed by atoms with E-state index in [4.69, 9.17) is 29.0 Å². The van der Waals surface area contributed by atoms with Gasteiger partial charge in [0.05, 0.1) is 18.9 Å². The van der Waals surface area contributed by atoms with Crippen LogP contribution in [0.3, 0.4) is 0 Å². The first-order valence-corrected chi connectivity index (χ1v) is 22.3. The Morgan fingerprint density at radius 1 is 0.943 bits per heavy atom. The third-order valence-electron chi connectivity index (χ3n) is 10.8. The summed E-state index contributed by atoms with van der Waals surface area (Å²) in [6, 6.07) is 5.78. The van der Waals surface area contributed by atoms with Gasteiger partial charge in [-0.15, -0.1) is 0 Å². The van der Waals surface area contributed by atoms with Crippen molar-refractivity contribution in [3.8, 4) is 6.07 Å². The van der Waals surface area contributed by atoms with Gasteiger partial charge >= 0.3 is 7.82 Å². The van der Waals surface area contributed by atoms with Crippen LogP contribution in [0.4, 0.5) is 5.82 Å². The van der Waals surface area contributed by atoms with Crippen molar-refractivity contribution in [2.24, 2.45) is 5.92 Å². The van der Waals surface area contributed by atoms with Crippen molar-refractivity contribution in [2.45, 2.75) is 172 Å². The van der Waals surface area contributed by atoms with Gasteiger partial charge in [-0.2, -0.15) is 10.4 Å². The molecule has 0 radical (unpaired) electrons. The summed E-state index contributed by atoms with van der Waals surface area (Å²) in [4.78, 5) is 14.6. The first-order valence-electron chi connectivity index (χ1n) is 20.8. The molecule has 0 bridgehead atoms. The Labute approximate surface area is 318 Å². The lowest BCUT2D eigenvalue weighted by atomic mass is 9.90. The lowest BCUT2D eigenvalue weighted by Gasteiger charge is -2.26. The number of unbranched alkanes of at least 4 members (excludes halogenated alkanes) is 15. The minimum atomic E-state index is -4.52. The SMILES string of the molecule is CCCCCCCCCCCCCCCCCCOC[C@H](COP(=O)(O)OC[C@]1(C#N)CC[C@H](c2ccc3c(N)ncnn23)O1)OCC1CCCCC1. The van der Waals surface area contributed by atoms with Crippen molar-refractivity contribution in [3.05, 3.63) is 24.2 Å². The zero-order valence-corrected chi connectivity index (χ0v) is 33.4. The Bertz CT molecular complexity index is 1380. The second-order valence-corrected chi connectivity index (χ2v) is 16.8. The van der Waals surface area contributed by atoms with E-state index < -0.39 is 32.2 Å². The van der Waals surface area contributed by atoms with Crippen LogP contribution in [0, 0.1) is 17.2 Å². The molecule has 3 heterocycles. The van der Waals surface area contributed by atoms with E-state index >= 15 is 0 Å². The summed E-state index contributed by atoms with van der Waals surface area (Å²) in [5.41, 5.74) is 5.90. The van der Waals surface area contributed by atoms with E-state index in [2.05, 4.69) is 23.1 Å². The standard InChI is InChI=1S/C40H68N5O7P/c1-2-3-4-5-6-7-8-9-10-11-12-13-14-15-16-20-27-48-29-35(49-28-34-21-18-17-19-22-34)30-50-53(46,47)51-32-40(31-41)26-25-38(52-40)36-23-24-37-39(42)43-33-44-45(36)37/h23-24,33-35,38H,2-22,25-30,32H2,1H3,(H,46,47)(H2,42,43,44)/t35-,38-,40-/m1/s1. The summed E-state index contributed by atoms with van der Waals surface area (Å²) < 4.78 is 43.7. The highest BCUT2D eigenvalue weighted by Gasteiger charge is 2.44. The van der Waals surface area contributed by atoms with Crippen LogP contribution >= 0.6 is 7.82 Å². The van der Waals surface area contributed by atoms with E-state index in [1.54, 1.807) is 10.6 Å². The molecule has 4 atom stereocenters. The number of ether oxygens (including phenoxy) is 3. The predicted molar refractivity (Wildman–Crippen MR) is 207 cm³/mol. The molecule has 3 N–H and O–H groups in total.